The van der Waals surface area contributed by atoms with Crippen LogP contribution < -0.4 is 15.5 Å². The lowest BCUT2D eigenvalue weighted by molar-refractivity contribution is -0.125. The summed E-state index contributed by atoms with van der Waals surface area (Å²) in [5, 5.41) is 6.01. The van der Waals surface area contributed by atoms with Crippen molar-refractivity contribution in [2.75, 3.05) is 43.1 Å². The van der Waals surface area contributed by atoms with E-state index in [0.29, 0.717) is 40.0 Å². The number of benzene rings is 1. The Morgan fingerprint density at radius 2 is 1.92 bits per heavy atom. The van der Waals surface area contributed by atoms with Crippen molar-refractivity contribution in [1.29, 1.82) is 0 Å². The number of thiophene rings is 1. The molecule has 3 fully saturated rings. The number of amides is 3. The number of nitrogens with one attached hydrogen (secondary N) is 2. The fourth-order valence-corrected chi connectivity index (χ4v) is 5.68. The lowest BCUT2D eigenvalue weighted by Crippen LogP contribution is -2.53. The molecule has 2 aromatic rings. The van der Waals surface area contributed by atoms with E-state index in [4.69, 9.17) is 16.3 Å². The second-order valence-electron chi connectivity index (χ2n) is 9.69. The molecular formula is C26H31ClN4O4S. The molecule has 2 heterocycles. The molecular weight excluding hydrogens is 500 g/mol. The second-order valence-corrected chi connectivity index (χ2v) is 11.4. The molecule has 1 aromatic carbocycles. The molecule has 3 amide bonds. The normalized spacial score (nSPS) is 19.2. The first-order valence-corrected chi connectivity index (χ1v) is 13.8. The van der Waals surface area contributed by atoms with Gasteiger partial charge in [-0.15, -0.1) is 11.3 Å². The van der Waals surface area contributed by atoms with Crippen molar-refractivity contribution in [2.45, 2.75) is 44.2 Å². The Balaban J connectivity index is 1.28. The van der Waals surface area contributed by atoms with Crippen molar-refractivity contribution in [2.24, 2.45) is 5.92 Å². The standard InChI is InChI=1S/C26H31ClN4O4S/c27-23-11-10-22(36-23)26(34)28-14-21(31(20-8-9-20)15-17-2-1-3-17)25(33)29-18-4-6-19(7-5-18)30-12-13-35-16-24(30)32/h4-7,10-11,17,20-21H,1-3,8-9,12-16H2,(H,28,34)(H,29,33)/t21-/m0/s1. The van der Waals surface area contributed by atoms with Gasteiger partial charge in [-0.2, -0.15) is 0 Å². The zero-order chi connectivity index (χ0) is 25.1. The van der Waals surface area contributed by atoms with E-state index in [9.17, 15) is 14.4 Å². The molecule has 1 aromatic heterocycles. The number of anilines is 2. The average Bonchev–Trinajstić information content (AvgIpc) is 3.60. The van der Waals surface area contributed by atoms with Gasteiger partial charge in [-0.05, 0) is 68.0 Å². The Labute approximate surface area is 219 Å². The third kappa shape index (κ3) is 6.08. The van der Waals surface area contributed by atoms with E-state index in [-0.39, 0.29) is 30.9 Å². The van der Waals surface area contributed by atoms with Crippen LogP contribution in [0.1, 0.15) is 41.8 Å². The van der Waals surface area contributed by atoms with E-state index in [1.807, 2.05) is 24.3 Å². The lowest BCUT2D eigenvalue weighted by atomic mass is 9.84. The Kier molecular flexibility index (Phi) is 7.90. The summed E-state index contributed by atoms with van der Waals surface area (Å²) < 4.78 is 5.76. The van der Waals surface area contributed by atoms with Crippen molar-refractivity contribution >= 4 is 52.0 Å². The Hall–Kier alpha value is -2.46. The molecule has 0 radical (unpaired) electrons. The molecule has 1 atom stereocenters. The number of hydrogen-bond acceptors (Lipinski definition) is 6. The first-order chi connectivity index (χ1) is 17.5. The smallest absolute Gasteiger partial charge is 0.261 e. The minimum atomic E-state index is -0.474. The lowest BCUT2D eigenvalue weighted by Gasteiger charge is -2.37. The number of rotatable bonds is 10. The highest BCUT2D eigenvalue weighted by Crippen LogP contribution is 2.34. The molecule has 2 N–H and O–H groups in total. The fraction of sp³-hybridized carbons (Fsp3) is 0.500. The van der Waals surface area contributed by atoms with Crippen LogP contribution in [0.4, 0.5) is 11.4 Å². The zero-order valence-electron chi connectivity index (χ0n) is 20.1. The highest BCUT2D eigenvalue weighted by molar-refractivity contribution is 7.18. The van der Waals surface area contributed by atoms with Gasteiger partial charge in [0.25, 0.3) is 11.8 Å². The van der Waals surface area contributed by atoms with E-state index >= 15 is 0 Å². The highest BCUT2D eigenvalue weighted by atomic mass is 35.5. The molecule has 36 heavy (non-hydrogen) atoms. The van der Waals surface area contributed by atoms with Crippen LogP contribution in [0.15, 0.2) is 36.4 Å². The van der Waals surface area contributed by atoms with Gasteiger partial charge in [0, 0.05) is 37.1 Å². The molecule has 3 aliphatic rings. The second kappa shape index (κ2) is 11.3. The number of nitrogens with zero attached hydrogens (tertiary/aromatic N) is 2. The van der Waals surface area contributed by atoms with Gasteiger partial charge in [-0.25, -0.2) is 0 Å². The van der Waals surface area contributed by atoms with Crippen LogP contribution in [-0.4, -0.2) is 67.6 Å². The van der Waals surface area contributed by atoms with Gasteiger partial charge in [0.2, 0.25) is 5.91 Å². The van der Waals surface area contributed by atoms with Crippen molar-refractivity contribution in [3.8, 4) is 0 Å². The summed E-state index contributed by atoms with van der Waals surface area (Å²) in [4.78, 5) is 42.9. The Bertz CT molecular complexity index is 1100. The number of carbonyl (C=O) groups excluding carboxylic acids is 3. The van der Waals surface area contributed by atoms with Gasteiger partial charge >= 0.3 is 0 Å². The van der Waals surface area contributed by atoms with E-state index < -0.39 is 6.04 Å². The van der Waals surface area contributed by atoms with Crippen LogP contribution >= 0.6 is 22.9 Å². The SMILES string of the molecule is O=C(NC[C@@H](C(=O)Nc1ccc(N2CCOCC2=O)cc1)N(CC1CCC1)C1CC1)c1ccc(Cl)s1. The molecule has 2 saturated carbocycles. The molecule has 1 saturated heterocycles. The maximum absolute atomic E-state index is 13.6. The van der Waals surface area contributed by atoms with Crippen LogP contribution in [-0.2, 0) is 14.3 Å². The van der Waals surface area contributed by atoms with Crippen molar-refractivity contribution in [3.05, 3.63) is 45.6 Å². The van der Waals surface area contributed by atoms with E-state index in [1.165, 1.54) is 30.6 Å². The van der Waals surface area contributed by atoms with Gasteiger partial charge < -0.3 is 20.3 Å². The van der Waals surface area contributed by atoms with E-state index in [1.54, 1.807) is 17.0 Å². The van der Waals surface area contributed by atoms with Gasteiger partial charge in [0.1, 0.15) is 12.6 Å². The monoisotopic (exact) mass is 530 g/mol. The molecule has 0 bridgehead atoms. The molecule has 0 spiro atoms. The van der Waals surface area contributed by atoms with Crippen LogP contribution in [0.25, 0.3) is 0 Å². The third-order valence-corrected chi connectivity index (χ3v) is 8.33. The highest BCUT2D eigenvalue weighted by Gasteiger charge is 2.39. The van der Waals surface area contributed by atoms with Gasteiger partial charge in [0.15, 0.2) is 0 Å². The van der Waals surface area contributed by atoms with Gasteiger partial charge in [-0.3, -0.25) is 19.3 Å². The van der Waals surface area contributed by atoms with Gasteiger partial charge in [-0.1, -0.05) is 18.0 Å². The third-order valence-electron chi connectivity index (χ3n) is 7.10. The number of hydrogen-bond donors (Lipinski definition) is 2. The largest absolute Gasteiger partial charge is 0.370 e. The summed E-state index contributed by atoms with van der Waals surface area (Å²) >= 11 is 7.22. The molecule has 8 nitrogen and oxygen atoms in total. The van der Waals surface area contributed by atoms with Crippen LogP contribution in [0.3, 0.4) is 0 Å². The number of morpholine rings is 1. The summed E-state index contributed by atoms with van der Waals surface area (Å²) in [6, 6.07) is 10.6. The first-order valence-electron chi connectivity index (χ1n) is 12.6. The predicted octanol–water partition coefficient (Wildman–Crippen LogP) is 3.77. The van der Waals surface area contributed by atoms with Gasteiger partial charge in [0.05, 0.1) is 15.8 Å². The van der Waals surface area contributed by atoms with Crippen LogP contribution in [0, 0.1) is 5.92 Å². The maximum atomic E-state index is 13.6. The fourth-order valence-electron chi connectivity index (χ4n) is 4.73. The Morgan fingerprint density at radius 1 is 1.14 bits per heavy atom. The number of carbonyl (C=O) groups is 3. The number of halogens is 1. The Morgan fingerprint density at radius 3 is 2.53 bits per heavy atom. The zero-order valence-corrected chi connectivity index (χ0v) is 21.7. The maximum Gasteiger partial charge on any atom is 0.261 e. The topological polar surface area (TPSA) is 91.0 Å². The molecule has 192 valence electrons. The summed E-state index contributed by atoms with van der Waals surface area (Å²) in [5.74, 6) is 0.180. The first kappa shape index (κ1) is 25.2. The summed E-state index contributed by atoms with van der Waals surface area (Å²) in [6.07, 6.45) is 5.78. The van der Waals surface area contributed by atoms with Crippen molar-refractivity contribution in [3.63, 3.8) is 0 Å². The summed E-state index contributed by atoms with van der Waals surface area (Å²) in [7, 11) is 0. The summed E-state index contributed by atoms with van der Waals surface area (Å²) in [6.45, 7) is 2.21. The number of ether oxygens (including phenoxy) is 1. The van der Waals surface area contributed by atoms with Crippen LogP contribution in [0.2, 0.25) is 4.34 Å². The predicted molar refractivity (Wildman–Crippen MR) is 141 cm³/mol. The molecule has 10 heteroatoms. The average molecular weight is 531 g/mol. The molecule has 0 unspecified atom stereocenters. The quantitative estimate of drug-likeness (QED) is 0.488. The van der Waals surface area contributed by atoms with E-state index in [2.05, 4.69) is 15.5 Å². The minimum absolute atomic E-state index is 0.0723. The summed E-state index contributed by atoms with van der Waals surface area (Å²) in [5.41, 5.74) is 1.44. The minimum Gasteiger partial charge on any atom is -0.370 e. The molecule has 5 rings (SSSR count). The van der Waals surface area contributed by atoms with E-state index in [0.717, 1.165) is 25.1 Å². The molecule has 2 aliphatic carbocycles. The van der Waals surface area contributed by atoms with Crippen molar-refractivity contribution in [1.82, 2.24) is 10.2 Å². The van der Waals surface area contributed by atoms with Crippen LogP contribution in [0.5, 0.6) is 0 Å². The van der Waals surface area contributed by atoms with Crippen molar-refractivity contribution < 1.29 is 19.1 Å². The molecule has 1 aliphatic heterocycles.